The first kappa shape index (κ1) is 20.4. The molecule has 4 nitrogen and oxygen atoms in total. The van der Waals surface area contributed by atoms with Crippen molar-refractivity contribution in [3.8, 4) is 16.9 Å². The molecule has 0 amide bonds. The van der Waals surface area contributed by atoms with Crippen molar-refractivity contribution in [2.45, 2.75) is 26.7 Å². The lowest BCUT2D eigenvalue weighted by molar-refractivity contribution is 0.143. The van der Waals surface area contributed by atoms with Gasteiger partial charge in [-0.15, -0.1) is 0 Å². The summed E-state index contributed by atoms with van der Waals surface area (Å²) < 4.78 is 11.1. The molecule has 0 fully saturated rings. The Hall–Kier alpha value is -1.88. The molecule has 2 N–H and O–H groups in total. The van der Waals surface area contributed by atoms with Crippen LogP contribution in [0, 0.1) is 19.8 Å². The average molecular weight is 358 g/mol. The van der Waals surface area contributed by atoms with Crippen LogP contribution in [0.5, 0.6) is 5.75 Å². The Morgan fingerprint density at radius 2 is 1.65 bits per heavy atom. The molecule has 2 aromatic carbocycles. The highest BCUT2D eigenvalue weighted by Crippen LogP contribution is 2.34. The molecule has 0 saturated carbocycles. The number of rotatable bonds is 10. The summed E-state index contributed by atoms with van der Waals surface area (Å²) in [4.78, 5) is 0. The Labute approximate surface area is 156 Å². The largest absolute Gasteiger partial charge is 0.491 e. The van der Waals surface area contributed by atoms with Gasteiger partial charge in [-0.05, 0) is 49.4 Å². The third-order valence-electron chi connectivity index (χ3n) is 4.62. The van der Waals surface area contributed by atoms with Crippen molar-refractivity contribution >= 4 is 0 Å². The van der Waals surface area contributed by atoms with Gasteiger partial charge in [-0.3, -0.25) is 0 Å². The Kier molecular flexibility index (Phi) is 8.10. The van der Waals surface area contributed by atoms with E-state index in [1.807, 2.05) is 0 Å². The fourth-order valence-corrected chi connectivity index (χ4v) is 3.03. The fraction of sp³-hybridized carbons (Fsp3) is 0.455. The van der Waals surface area contributed by atoms with Gasteiger partial charge in [0.25, 0.3) is 0 Å². The molecule has 0 radical (unpaired) electrons. The standard InChI is InChI=1S/C22H30O4/c1-16-4-8-20(17(2)12-16)21-9-7-18(5-6-19(14-23)15-24)13-22(21)26-11-10-25-3/h4,7-9,12-13,19,23-24H,5-6,10-11,14-15H2,1-3H3. The highest BCUT2D eigenvalue weighted by molar-refractivity contribution is 5.74. The van der Waals surface area contributed by atoms with Gasteiger partial charge in [0.15, 0.2) is 0 Å². The van der Waals surface area contributed by atoms with Crippen molar-refractivity contribution in [1.82, 2.24) is 0 Å². The molecule has 0 aliphatic carbocycles. The Bertz CT molecular complexity index is 693. The third kappa shape index (κ3) is 5.56. The number of benzene rings is 2. The van der Waals surface area contributed by atoms with E-state index in [0.29, 0.717) is 13.2 Å². The summed E-state index contributed by atoms with van der Waals surface area (Å²) in [5, 5.41) is 18.5. The van der Waals surface area contributed by atoms with Crippen LogP contribution in [0.1, 0.15) is 23.1 Å². The van der Waals surface area contributed by atoms with E-state index in [-0.39, 0.29) is 19.1 Å². The van der Waals surface area contributed by atoms with Crippen molar-refractivity contribution < 1.29 is 19.7 Å². The minimum absolute atomic E-state index is 0.00827. The van der Waals surface area contributed by atoms with Crippen LogP contribution in [0.25, 0.3) is 11.1 Å². The number of aliphatic hydroxyl groups is 2. The van der Waals surface area contributed by atoms with Gasteiger partial charge in [0.1, 0.15) is 12.4 Å². The maximum atomic E-state index is 9.25. The third-order valence-corrected chi connectivity index (χ3v) is 4.62. The second-order valence-electron chi connectivity index (χ2n) is 6.76. The van der Waals surface area contributed by atoms with E-state index >= 15 is 0 Å². The zero-order chi connectivity index (χ0) is 18.9. The minimum atomic E-state index is -0.0770. The predicted molar refractivity (Wildman–Crippen MR) is 105 cm³/mol. The lowest BCUT2D eigenvalue weighted by Gasteiger charge is -2.16. The van der Waals surface area contributed by atoms with Gasteiger partial charge in [-0.2, -0.15) is 0 Å². The lowest BCUT2D eigenvalue weighted by Crippen LogP contribution is -2.12. The van der Waals surface area contributed by atoms with Crippen molar-refractivity contribution in [2.75, 3.05) is 33.5 Å². The van der Waals surface area contributed by atoms with Crippen LogP contribution in [0.2, 0.25) is 0 Å². The highest BCUT2D eigenvalue weighted by atomic mass is 16.5. The van der Waals surface area contributed by atoms with Crippen LogP contribution < -0.4 is 4.74 Å². The summed E-state index contributed by atoms with van der Waals surface area (Å²) in [7, 11) is 1.66. The van der Waals surface area contributed by atoms with Crippen molar-refractivity contribution in [1.29, 1.82) is 0 Å². The van der Waals surface area contributed by atoms with Crippen LogP contribution in [0.15, 0.2) is 36.4 Å². The van der Waals surface area contributed by atoms with Gasteiger partial charge in [0.05, 0.1) is 6.61 Å². The SMILES string of the molecule is COCCOc1cc(CCC(CO)CO)ccc1-c1ccc(C)cc1C. The van der Waals surface area contributed by atoms with E-state index in [0.717, 1.165) is 35.3 Å². The van der Waals surface area contributed by atoms with Crippen LogP contribution >= 0.6 is 0 Å². The molecule has 0 heterocycles. The van der Waals surface area contributed by atoms with Gasteiger partial charge in [0.2, 0.25) is 0 Å². The van der Waals surface area contributed by atoms with Gasteiger partial charge in [0, 0.05) is 31.8 Å². The smallest absolute Gasteiger partial charge is 0.127 e. The lowest BCUT2D eigenvalue weighted by atomic mass is 9.95. The number of methoxy groups -OCH3 is 1. The van der Waals surface area contributed by atoms with Crippen molar-refractivity contribution in [3.05, 3.63) is 53.1 Å². The van der Waals surface area contributed by atoms with Crippen LogP contribution in [0.3, 0.4) is 0 Å². The Morgan fingerprint density at radius 3 is 2.31 bits per heavy atom. The number of ether oxygens (including phenoxy) is 2. The Balaban J connectivity index is 2.28. The fourth-order valence-electron chi connectivity index (χ4n) is 3.03. The Morgan fingerprint density at radius 1 is 0.923 bits per heavy atom. The van der Waals surface area contributed by atoms with E-state index in [1.54, 1.807) is 7.11 Å². The van der Waals surface area contributed by atoms with E-state index in [1.165, 1.54) is 11.1 Å². The second-order valence-corrected chi connectivity index (χ2v) is 6.76. The predicted octanol–water partition coefficient (Wildman–Crippen LogP) is 3.53. The number of hydrogen-bond acceptors (Lipinski definition) is 4. The summed E-state index contributed by atoms with van der Waals surface area (Å²) in [6, 6.07) is 12.7. The molecule has 0 unspecified atom stereocenters. The van der Waals surface area contributed by atoms with Crippen molar-refractivity contribution in [2.24, 2.45) is 5.92 Å². The number of aryl methyl sites for hydroxylation is 3. The summed E-state index contributed by atoms with van der Waals surface area (Å²) in [5.41, 5.74) is 5.83. The summed E-state index contributed by atoms with van der Waals surface area (Å²) in [6.45, 7) is 5.25. The molecule has 0 saturated heterocycles. The van der Waals surface area contributed by atoms with E-state index in [9.17, 15) is 10.2 Å². The number of hydrogen-bond donors (Lipinski definition) is 2. The van der Waals surface area contributed by atoms with Crippen LogP contribution in [-0.2, 0) is 11.2 Å². The monoisotopic (exact) mass is 358 g/mol. The molecule has 0 atom stereocenters. The first-order valence-electron chi connectivity index (χ1n) is 9.13. The first-order valence-corrected chi connectivity index (χ1v) is 9.13. The van der Waals surface area contributed by atoms with E-state index in [2.05, 4.69) is 50.2 Å². The zero-order valence-corrected chi connectivity index (χ0v) is 16.0. The summed E-state index contributed by atoms with van der Waals surface area (Å²) in [5.74, 6) is 0.767. The van der Waals surface area contributed by atoms with Gasteiger partial charge >= 0.3 is 0 Å². The molecule has 2 rings (SSSR count). The van der Waals surface area contributed by atoms with Crippen LogP contribution in [0.4, 0.5) is 0 Å². The average Bonchev–Trinajstić information content (AvgIpc) is 2.63. The molecule has 0 spiro atoms. The maximum absolute atomic E-state index is 9.25. The quantitative estimate of drug-likeness (QED) is 0.638. The first-order chi connectivity index (χ1) is 12.6. The van der Waals surface area contributed by atoms with Gasteiger partial charge in [-0.1, -0.05) is 35.9 Å². The molecule has 0 aliphatic rings. The van der Waals surface area contributed by atoms with Crippen molar-refractivity contribution in [3.63, 3.8) is 0 Å². The van der Waals surface area contributed by atoms with E-state index < -0.39 is 0 Å². The molecular weight excluding hydrogens is 328 g/mol. The van der Waals surface area contributed by atoms with Gasteiger partial charge in [-0.25, -0.2) is 0 Å². The molecule has 0 bridgehead atoms. The zero-order valence-electron chi connectivity index (χ0n) is 16.0. The molecular formula is C22H30O4. The topological polar surface area (TPSA) is 58.9 Å². The normalized spacial score (nSPS) is 11.2. The molecule has 26 heavy (non-hydrogen) atoms. The summed E-state index contributed by atoms with van der Waals surface area (Å²) >= 11 is 0. The maximum Gasteiger partial charge on any atom is 0.127 e. The molecule has 0 aliphatic heterocycles. The van der Waals surface area contributed by atoms with Crippen LogP contribution in [-0.4, -0.2) is 43.8 Å². The molecule has 142 valence electrons. The molecule has 4 heteroatoms. The van der Waals surface area contributed by atoms with E-state index in [4.69, 9.17) is 9.47 Å². The molecule has 2 aromatic rings. The number of aliphatic hydroxyl groups excluding tert-OH is 2. The minimum Gasteiger partial charge on any atom is -0.491 e. The highest BCUT2D eigenvalue weighted by Gasteiger charge is 2.12. The van der Waals surface area contributed by atoms with Gasteiger partial charge < -0.3 is 19.7 Å². The second kappa shape index (κ2) is 10.3. The molecule has 0 aromatic heterocycles. The summed E-state index contributed by atoms with van der Waals surface area (Å²) in [6.07, 6.45) is 1.53.